The van der Waals surface area contributed by atoms with Gasteiger partial charge in [-0.3, -0.25) is 9.59 Å². The van der Waals surface area contributed by atoms with Crippen molar-refractivity contribution in [2.75, 3.05) is 0 Å². The van der Waals surface area contributed by atoms with Crippen LogP contribution in [0.15, 0.2) is 22.7 Å². The number of β-lactam (4-membered cyclic amide) rings is 1. The van der Waals surface area contributed by atoms with Crippen molar-refractivity contribution in [2.24, 2.45) is 0 Å². The Balaban J connectivity index is 2.15. The highest BCUT2D eigenvalue weighted by molar-refractivity contribution is 9.10. The molecule has 2 rings (SSSR count). The summed E-state index contributed by atoms with van der Waals surface area (Å²) in [4.78, 5) is 23.0. The van der Waals surface area contributed by atoms with Crippen molar-refractivity contribution in [2.45, 2.75) is 19.2 Å². The van der Waals surface area contributed by atoms with E-state index in [1.807, 2.05) is 0 Å². The topological polar surface area (TPSA) is 66.8 Å². The predicted molar refractivity (Wildman–Crippen MR) is 61.9 cm³/mol. The van der Waals surface area contributed by atoms with Crippen LogP contribution in [-0.4, -0.2) is 28.6 Å². The third-order valence-electron chi connectivity index (χ3n) is 2.65. The van der Waals surface area contributed by atoms with Crippen LogP contribution in [0.25, 0.3) is 0 Å². The molecule has 1 aliphatic rings. The highest BCUT2D eigenvalue weighted by atomic mass is 79.9. The summed E-state index contributed by atoms with van der Waals surface area (Å²) in [5, 5.41) is 9.68. The molecular weight excluding hydrogens is 290 g/mol. The second-order valence-electron chi connectivity index (χ2n) is 3.65. The highest BCUT2D eigenvalue weighted by Crippen LogP contribution is 2.31. The number of ether oxygens (including phenoxy) is 1. The molecule has 1 aliphatic heterocycles. The van der Waals surface area contributed by atoms with Crippen LogP contribution in [0, 0.1) is 0 Å². The van der Waals surface area contributed by atoms with Gasteiger partial charge in [0, 0.05) is 10.0 Å². The number of amides is 1. The van der Waals surface area contributed by atoms with E-state index in [4.69, 9.17) is 4.74 Å². The number of nitrogens with zero attached hydrogens (tertiary/aromatic N) is 1. The quantitative estimate of drug-likeness (QED) is 0.674. The lowest BCUT2D eigenvalue weighted by Crippen LogP contribution is -2.53. The Bertz CT molecular complexity index is 441. The van der Waals surface area contributed by atoms with E-state index < -0.39 is 6.23 Å². The van der Waals surface area contributed by atoms with Crippen molar-refractivity contribution in [3.8, 4) is 5.75 Å². The predicted octanol–water partition coefficient (Wildman–Crippen LogP) is 1.39. The number of hydrogen-bond donors (Lipinski definition) is 1. The molecule has 0 bridgehead atoms. The molecule has 0 aromatic heterocycles. The molecule has 0 aliphatic carbocycles. The number of halogens is 1. The van der Waals surface area contributed by atoms with Crippen LogP contribution in [0.4, 0.5) is 0 Å². The van der Waals surface area contributed by atoms with Crippen LogP contribution in [0.1, 0.15) is 12.0 Å². The number of hydrogen-bond acceptors (Lipinski definition) is 4. The zero-order chi connectivity index (χ0) is 12.4. The molecule has 1 aromatic rings. The molecule has 0 saturated carbocycles. The number of aromatic hydroxyl groups is 1. The molecule has 1 N–H and O–H groups in total. The summed E-state index contributed by atoms with van der Waals surface area (Å²) in [6.07, 6.45) is -0.323. The Morgan fingerprint density at radius 2 is 2.35 bits per heavy atom. The maximum Gasteiger partial charge on any atom is 0.295 e. The monoisotopic (exact) mass is 299 g/mol. The smallest absolute Gasteiger partial charge is 0.295 e. The van der Waals surface area contributed by atoms with Crippen LogP contribution in [0.5, 0.6) is 5.75 Å². The van der Waals surface area contributed by atoms with E-state index in [9.17, 15) is 14.7 Å². The van der Waals surface area contributed by atoms with E-state index in [0.29, 0.717) is 16.5 Å². The average Bonchev–Trinajstić information content (AvgIpc) is 2.28. The van der Waals surface area contributed by atoms with Crippen LogP contribution in [0.2, 0.25) is 0 Å². The van der Waals surface area contributed by atoms with Gasteiger partial charge >= 0.3 is 0 Å². The molecule has 1 amide bonds. The van der Waals surface area contributed by atoms with Crippen molar-refractivity contribution in [1.29, 1.82) is 0 Å². The first-order valence-electron chi connectivity index (χ1n) is 4.98. The number of phenolic OH excluding ortho intramolecular Hbond substituents is 1. The Hall–Kier alpha value is -1.56. The molecule has 1 fully saturated rings. The van der Waals surface area contributed by atoms with Crippen LogP contribution in [-0.2, 0) is 20.9 Å². The summed E-state index contributed by atoms with van der Waals surface area (Å²) >= 11 is 3.30. The lowest BCUT2D eigenvalue weighted by molar-refractivity contribution is -0.177. The SMILES string of the molecule is O=COC1CC(=O)N1Cc1c(O)cccc1Br. The van der Waals surface area contributed by atoms with E-state index >= 15 is 0 Å². The molecule has 90 valence electrons. The van der Waals surface area contributed by atoms with Crippen LogP contribution < -0.4 is 0 Å². The van der Waals surface area contributed by atoms with E-state index in [0.717, 1.165) is 0 Å². The Labute approximate surface area is 106 Å². The van der Waals surface area contributed by atoms with Crippen LogP contribution in [0.3, 0.4) is 0 Å². The third kappa shape index (κ3) is 2.26. The van der Waals surface area contributed by atoms with Gasteiger partial charge in [-0.2, -0.15) is 0 Å². The minimum atomic E-state index is -0.522. The van der Waals surface area contributed by atoms with Crippen molar-refractivity contribution in [3.05, 3.63) is 28.2 Å². The maximum atomic E-state index is 11.4. The van der Waals surface area contributed by atoms with Crippen molar-refractivity contribution < 1.29 is 19.4 Å². The molecule has 1 aromatic carbocycles. The largest absolute Gasteiger partial charge is 0.508 e. The zero-order valence-electron chi connectivity index (χ0n) is 8.80. The minimum absolute atomic E-state index is 0.101. The lowest BCUT2D eigenvalue weighted by atomic mass is 10.1. The molecule has 1 atom stereocenters. The molecule has 1 unspecified atom stereocenters. The first kappa shape index (κ1) is 11.9. The molecule has 1 heterocycles. The minimum Gasteiger partial charge on any atom is -0.508 e. The molecule has 0 spiro atoms. The van der Waals surface area contributed by atoms with Gasteiger partial charge in [-0.15, -0.1) is 0 Å². The first-order valence-corrected chi connectivity index (χ1v) is 5.77. The normalized spacial score (nSPS) is 18.8. The molecule has 5 nitrogen and oxygen atoms in total. The molecule has 17 heavy (non-hydrogen) atoms. The number of carbonyl (C=O) groups is 2. The zero-order valence-corrected chi connectivity index (χ0v) is 10.4. The van der Waals surface area contributed by atoms with Gasteiger partial charge in [-0.05, 0) is 12.1 Å². The average molecular weight is 300 g/mol. The van der Waals surface area contributed by atoms with Gasteiger partial charge in [-0.25, -0.2) is 0 Å². The number of benzene rings is 1. The fourth-order valence-corrected chi connectivity index (χ4v) is 2.16. The van der Waals surface area contributed by atoms with Crippen molar-refractivity contribution in [1.82, 2.24) is 4.90 Å². The molecule has 0 radical (unpaired) electrons. The van der Waals surface area contributed by atoms with Gasteiger partial charge in [0.05, 0.1) is 13.0 Å². The summed E-state index contributed by atoms with van der Waals surface area (Å²) in [5.74, 6) is -0.00377. The van der Waals surface area contributed by atoms with Gasteiger partial charge in [0.2, 0.25) is 5.91 Å². The Morgan fingerprint density at radius 1 is 1.59 bits per heavy atom. The van der Waals surface area contributed by atoms with Gasteiger partial charge in [0.25, 0.3) is 6.47 Å². The summed E-state index contributed by atoms with van der Waals surface area (Å²) in [5.41, 5.74) is 0.597. The summed E-state index contributed by atoms with van der Waals surface area (Å²) in [7, 11) is 0. The van der Waals surface area contributed by atoms with E-state index in [2.05, 4.69) is 15.9 Å². The first-order chi connectivity index (χ1) is 8.13. The number of carbonyl (C=O) groups excluding carboxylic acids is 2. The van der Waals surface area contributed by atoms with Gasteiger partial charge in [0.1, 0.15) is 5.75 Å². The fourth-order valence-electron chi connectivity index (χ4n) is 1.67. The van der Waals surface area contributed by atoms with E-state index in [1.54, 1.807) is 18.2 Å². The number of rotatable bonds is 4. The molecule has 6 heteroatoms. The molecular formula is C11H10BrNO4. The third-order valence-corrected chi connectivity index (χ3v) is 3.40. The van der Waals surface area contributed by atoms with Crippen LogP contribution >= 0.6 is 15.9 Å². The number of likely N-dealkylation sites (tertiary alicyclic amines) is 1. The summed E-state index contributed by atoms with van der Waals surface area (Å²) < 4.78 is 5.45. The highest BCUT2D eigenvalue weighted by Gasteiger charge is 2.38. The Morgan fingerprint density at radius 3 is 2.94 bits per heavy atom. The maximum absolute atomic E-state index is 11.4. The number of phenols is 1. The summed E-state index contributed by atoms with van der Waals surface area (Å²) in [6.45, 7) is 0.536. The van der Waals surface area contributed by atoms with E-state index in [-0.39, 0.29) is 24.6 Å². The standard InChI is InChI=1S/C11H10BrNO4/c12-8-2-1-3-9(15)7(8)5-13-10(16)4-11(13)17-6-14/h1-3,6,11,15H,4-5H2. The van der Waals surface area contributed by atoms with Gasteiger partial charge in [-0.1, -0.05) is 22.0 Å². The lowest BCUT2D eigenvalue weighted by Gasteiger charge is -2.38. The molecule has 1 saturated heterocycles. The van der Waals surface area contributed by atoms with E-state index in [1.165, 1.54) is 4.90 Å². The van der Waals surface area contributed by atoms with Crippen molar-refractivity contribution in [3.63, 3.8) is 0 Å². The fraction of sp³-hybridized carbons (Fsp3) is 0.273. The Kier molecular flexibility index (Phi) is 3.33. The second kappa shape index (κ2) is 4.75. The van der Waals surface area contributed by atoms with Gasteiger partial charge in [0.15, 0.2) is 6.23 Å². The van der Waals surface area contributed by atoms with Gasteiger partial charge < -0.3 is 14.7 Å². The second-order valence-corrected chi connectivity index (χ2v) is 4.50. The van der Waals surface area contributed by atoms with Crippen molar-refractivity contribution >= 4 is 28.3 Å². The summed E-state index contributed by atoms with van der Waals surface area (Å²) in [6, 6.07) is 5.01.